The highest BCUT2D eigenvalue weighted by molar-refractivity contribution is 5.98. The predicted molar refractivity (Wildman–Crippen MR) is 72.8 cm³/mol. The monoisotopic (exact) mass is 246 g/mol. The molecular weight excluding hydrogens is 228 g/mol. The fourth-order valence-electron chi connectivity index (χ4n) is 2.54. The lowest BCUT2D eigenvalue weighted by Gasteiger charge is -2.40. The van der Waals surface area contributed by atoms with Crippen LogP contribution >= 0.6 is 0 Å². The van der Waals surface area contributed by atoms with Gasteiger partial charge in [0, 0.05) is 5.56 Å². The standard InChI is InChI=1S/C14H18N2O2/c1-9-8-14(2,3)16(13(15)17)12-6-5-10(18-4)7-11(9)12/h5-8H,1-4H3,(H2,15,17). The maximum atomic E-state index is 11.7. The van der Waals surface area contributed by atoms with Crippen LogP contribution in [-0.4, -0.2) is 18.7 Å². The van der Waals surface area contributed by atoms with Crippen molar-refractivity contribution in [3.63, 3.8) is 0 Å². The molecule has 2 rings (SSSR count). The Morgan fingerprint density at radius 2 is 2.06 bits per heavy atom. The average Bonchev–Trinajstić information content (AvgIpc) is 2.26. The highest BCUT2D eigenvalue weighted by Crippen LogP contribution is 2.40. The summed E-state index contributed by atoms with van der Waals surface area (Å²) in [6, 6.07) is 5.18. The van der Waals surface area contributed by atoms with Crippen LogP contribution in [0.5, 0.6) is 5.75 Å². The molecule has 0 bridgehead atoms. The first-order valence-electron chi connectivity index (χ1n) is 5.84. The molecule has 4 heteroatoms. The molecule has 1 aliphatic rings. The molecule has 4 nitrogen and oxygen atoms in total. The van der Waals surface area contributed by atoms with E-state index in [0.717, 1.165) is 22.6 Å². The molecule has 1 aromatic carbocycles. The lowest BCUT2D eigenvalue weighted by molar-refractivity contribution is 0.250. The lowest BCUT2D eigenvalue weighted by Crippen LogP contribution is -2.51. The molecule has 2 amide bonds. The van der Waals surface area contributed by atoms with Crippen LogP contribution in [0.25, 0.3) is 5.57 Å². The molecule has 0 atom stereocenters. The summed E-state index contributed by atoms with van der Waals surface area (Å²) < 4.78 is 5.21. The van der Waals surface area contributed by atoms with E-state index in [1.54, 1.807) is 12.0 Å². The molecule has 0 fully saturated rings. The summed E-state index contributed by atoms with van der Waals surface area (Å²) in [7, 11) is 1.62. The molecule has 2 N–H and O–H groups in total. The summed E-state index contributed by atoms with van der Waals surface area (Å²) in [5, 5.41) is 0. The quantitative estimate of drug-likeness (QED) is 0.828. The third-order valence-corrected chi connectivity index (χ3v) is 3.24. The van der Waals surface area contributed by atoms with E-state index >= 15 is 0 Å². The number of urea groups is 1. The molecule has 0 saturated carbocycles. The van der Waals surface area contributed by atoms with E-state index in [-0.39, 0.29) is 0 Å². The largest absolute Gasteiger partial charge is 0.497 e. The predicted octanol–water partition coefficient (Wildman–Crippen LogP) is 2.78. The van der Waals surface area contributed by atoms with Gasteiger partial charge in [0.2, 0.25) is 0 Å². The zero-order valence-electron chi connectivity index (χ0n) is 11.2. The maximum absolute atomic E-state index is 11.7. The number of ether oxygens (including phenoxy) is 1. The van der Waals surface area contributed by atoms with Crippen LogP contribution < -0.4 is 15.4 Å². The number of nitrogens with two attached hydrogens (primary N) is 1. The van der Waals surface area contributed by atoms with Crippen molar-refractivity contribution in [3.8, 4) is 5.75 Å². The molecule has 18 heavy (non-hydrogen) atoms. The summed E-state index contributed by atoms with van der Waals surface area (Å²) in [6.07, 6.45) is 2.04. The lowest BCUT2D eigenvalue weighted by atomic mass is 9.89. The smallest absolute Gasteiger partial charge is 0.320 e. The zero-order chi connectivity index (χ0) is 13.5. The van der Waals surface area contributed by atoms with E-state index in [0.29, 0.717) is 0 Å². The van der Waals surface area contributed by atoms with Crippen LogP contribution in [0.4, 0.5) is 10.5 Å². The van der Waals surface area contributed by atoms with E-state index in [2.05, 4.69) is 0 Å². The summed E-state index contributed by atoms with van der Waals surface area (Å²) >= 11 is 0. The number of rotatable bonds is 1. The van der Waals surface area contributed by atoms with Gasteiger partial charge in [0.05, 0.1) is 18.3 Å². The van der Waals surface area contributed by atoms with Gasteiger partial charge in [0.15, 0.2) is 0 Å². The topological polar surface area (TPSA) is 55.6 Å². The van der Waals surface area contributed by atoms with Gasteiger partial charge in [-0.25, -0.2) is 4.79 Å². The summed E-state index contributed by atoms with van der Waals surface area (Å²) in [5.41, 5.74) is 8.00. The van der Waals surface area contributed by atoms with Crippen LogP contribution in [0.15, 0.2) is 24.3 Å². The van der Waals surface area contributed by atoms with Gasteiger partial charge in [0.25, 0.3) is 0 Å². The van der Waals surface area contributed by atoms with E-state index in [4.69, 9.17) is 10.5 Å². The van der Waals surface area contributed by atoms with Crippen molar-refractivity contribution in [2.45, 2.75) is 26.3 Å². The number of fused-ring (bicyclic) bond motifs is 1. The fourth-order valence-corrected chi connectivity index (χ4v) is 2.54. The van der Waals surface area contributed by atoms with Crippen molar-refractivity contribution in [3.05, 3.63) is 29.8 Å². The Bertz CT molecular complexity index is 533. The third kappa shape index (κ3) is 1.83. The van der Waals surface area contributed by atoms with E-state index < -0.39 is 11.6 Å². The molecule has 1 heterocycles. The van der Waals surface area contributed by atoms with Gasteiger partial charge in [0.1, 0.15) is 5.75 Å². The van der Waals surface area contributed by atoms with E-state index in [9.17, 15) is 4.79 Å². The van der Waals surface area contributed by atoms with Gasteiger partial charge in [-0.3, -0.25) is 4.90 Å². The molecule has 1 aliphatic heterocycles. The first kappa shape index (κ1) is 12.5. The highest BCUT2D eigenvalue weighted by Gasteiger charge is 2.34. The molecule has 0 radical (unpaired) electrons. The second-order valence-electron chi connectivity index (χ2n) is 5.04. The van der Waals surface area contributed by atoms with Gasteiger partial charge in [-0.1, -0.05) is 6.08 Å². The minimum Gasteiger partial charge on any atom is -0.497 e. The Balaban J connectivity index is 2.65. The number of carbonyl (C=O) groups excluding carboxylic acids is 1. The molecule has 1 aromatic rings. The second kappa shape index (κ2) is 4.05. The number of hydrogen-bond acceptors (Lipinski definition) is 2. The van der Waals surface area contributed by atoms with Crippen LogP contribution in [0.1, 0.15) is 26.3 Å². The molecule has 0 aliphatic carbocycles. The Morgan fingerprint density at radius 3 is 2.61 bits per heavy atom. The molecular formula is C14H18N2O2. The van der Waals surface area contributed by atoms with E-state index in [1.807, 2.05) is 45.0 Å². The number of anilines is 1. The Kier molecular flexibility index (Phi) is 2.81. The summed E-state index contributed by atoms with van der Waals surface area (Å²) in [5.74, 6) is 0.769. The maximum Gasteiger partial charge on any atom is 0.320 e. The van der Waals surface area contributed by atoms with Crippen LogP contribution in [0.2, 0.25) is 0 Å². The number of methoxy groups -OCH3 is 1. The number of hydrogen-bond donors (Lipinski definition) is 1. The highest BCUT2D eigenvalue weighted by atomic mass is 16.5. The fraction of sp³-hybridized carbons (Fsp3) is 0.357. The number of carbonyl (C=O) groups is 1. The van der Waals surface area contributed by atoms with Crippen molar-refractivity contribution in [1.29, 1.82) is 0 Å². The summed E-state index contributed by atoms with van der Waals surface area (Å²) in [6.45, 7) is 5.96. The first-order chi connectivity index (χ1) is 8.36. The number of nitrogens with zero attached hydrogens (tertiary/aromatic N) is 1. The Labute approximate surface area is 107 Å². The second-order valence-corrected chi connectivity index (χ2v) is 5.04. The van der Waals surface area contributed by atoms with Gasteiger partial charge in [-0.2, -0.15) is 0 Å². The Morgan fingerprint density at radius 1 is 1.39 bits per heavy atom. The molecule has 0 spiro atoms. The average molecular weight is 246 g/mol. The van der Waals surface area contributed by atoms with Crippen molar-refractivity contribution in [2.24, 2.45) is 5.73 Å². The summed E-state index contributed by atoms with van der Waals surface area (Å²) in [4.78, 5) is 13.3. The molecule has 0 saturated heterocycles. The van der Waals surface area contributed by atoms with Crippen LogP contribution in [0, 0.1) is 0 Å². The molecule has 96 valence electrons. The van der Waals surface area contributed by atoms with Crippen LogP contribution in [0.3, 0.4) is 0 Å². The number of benzene rings is 1. The van der Waals surface area contributed by atoms with Gasteiger partial charge in [-0.15, -0.1) is 0 Å². The number of primary amides is 1. The van der Waals surface area contributed by atoms with E-state index in [1.165, 1.54) is 0 Å². The van der Waals surface area contributed by atoms with Crippen molar-refractivity contribution >= 4 is 17.3 Å². The molecule has 0 unspecified atom stereocenters. The van der Waals surface area contributed by atoms with Crippen LogP contribution in [-0.2, 0) is 0 Å². The SMILES string of the molecule is COc1ccc2c(c1)C(C)=CC(C)(C)N2C(N)=O. The van der Waals surface area contributed by atoms with Gasteiger partial charge in [-0.05, 0) is 44.5 Å². The van der Waals surface area contributed by atoms with Crippen molar-refractivity contribution in [1.82, 2.24) is 0 Å². The Hall–Kier alpha value is -1.97. The minimum absolute atomic E-state index is 0.419. The van der Waals surface area contributed by atoms with Crippen molar-refractivity contribution in [2.75, 3.05) is 12.0 Å². The van der Waals surface area contributed by atoms with Crippen molar-refractivity contribution < 1.29 is 9.53 Å². The number of amides is 2. The zero-order valence-corrected chi connectivity index (χ0v) is 11.2. The van der Waals surface area contributed by atoms with Gasteiger partial charge < -0.3 is 10.5 Å². The third-order valence-electron chi connectivity index (χ3n) is 3.24. The number of allylic oxidation sites excluding steroid dienone is 1. The molecule has 0 aromatic heterocycles. The van der Waals surface area contributed by atoms with Gasteiger partial charge >= 0.3 is 6.03 Å². The normalized spacial score (nSPS) is 16.9. The first-order valence-corrected chi connectivity index (χ1v) is 5.84. The minimum atomic E-state index is -0.449.